The molecule has 2 heterocycles. The Hall–Kier alpha value is -3.71. The van der Waals surface area contributed by atoms with Crippen LogP contribution in [0.5, 0.6) is 11.5 Å². The van der Waals surface area contributed by atoms with Gasteiger partial charge in [0.15, 0.2) is 5.76 Å². The fourth-order valence-corrected chi connectivity index (χ4v) is 6.71. The van der Waals surface area contributed by atoms with Gasteiger partial charge in [-0.25, -0.2) is 4.98 Å². The fraction of sp³-hybridized carbons (Fsp3) is 0.0938. The van der Waals surface area contributed by atoms with E-state index in [0.29, 0.717) is 40.4 Å². The molecule has 0 spiro atoms. The van der Waals surface area contributed by atoms with Gasteiger partial charge < -0.3 is 13.9 Å². The van der Waals surface area contributed by atoms with Gasteiger partial charge in [-0.15, -0.1) is 0 Å². The summed E-state index contributed by atoms with van der Waals surface area (Å²) in [5.41, 5.74) is 4.02. The molecule has 4 aromatic carbocycles. The van der Waals surface area contributed by atoms with E-state index in [-0.39, 0.29) is 5.56 Å². The fourth-order valence-electron chi connectivity index (χ4n) is 4.59. The maximum atomic E-state index is 13.6. The van der Waals surface area contributed by atoms with Gasteiger partial charge in [0.05, 0.1) is 36.8 Å². The summed E-state index contributed by atoms with van der Waals surface area (Å²) in [5.74, 6) is 2.19. The third-order valence-corrected chi connectivity index (χ3v) is 8.13. The molecule has 0 amide bonds. The number of para-hydroxylation sites is 1. The van der Waals surface area contributed by atoms with Crippen LogP contribution in [0.3, 0.4) is 0 Å². The predicted molar refractivity (Wildman–Crippen MR) is 178 cm³/mol. The summed E-state index contributed by atoms with van der Waals surface area (Å²) < 4.78 is 21.0. The standard InChI is InChI=1S/C32H23I2N3O4/c1-19-7-5-8-20(13-19)18-40-30-24(33)14-21(15-25(30)34)17-35-37-31(36-26-10-4-3-9-22(26)32(37)38)29-16-23-27(39-2)11-6-12-28(23)41-29/h3-17H,18H2,1-2H3. The van der Waals surface area contributed by atoms with Gasteiger partial charge in [0, 0.05) is 0 Å². The highest BCUT2D eigenvalue weighted by Gasteiger charge is 2.18. The summed E-state index contributed by atoms with van der Waals surface area (Å²) in [6.45, 7) is 2.54. The van der Waals surface area contributed by atoms with Crippen molar-refractivity contribution >= 4 is 73.3 Å². The lowest BCUT2D eigenvalue weighted by atomic mass is 10.1. The maximum absolute atomic E-state index is 13.6. The number of furan rings is 1. The average molecular weight is 767 g/mol. The van der Waals surface area contributed by atoms with Crippen LogP contribution in [0.25, 0.3) is 33.5 Å². The zero-order valence-electron chi connectivity index (χ0n) is 22.1. The second kappa shape index (κ2) is 11.6. The molecular weight excluding hydrogens is 744 g/mol. The third-order valence-electron chi connectivity index (χ3n) is 6.52. The Kier molecular flexibility index (Phi) is 7.80. The van der Waals surface area contributed by atoms with Crippen LogP contribution in [0.1, 0.15) is 16.7 Å². The van der Waals surface area contributed by atoms with Crippen molar-refractivity contribution in [3.8, 4) is 23.1 Å². The van der Waals surface area contributed by atoms with Crippen LogP contribution in [0.15, 0.2) is 99.2 Å². The molecule has 41 heavy (non-hydrogen) atoms. The molecule has 6 rings (SSSR count). The van der Waals surface area contributed by atoms with E-state index in [1.165, 1.54) is 10.2 Å². The van der Waals surface area contributed by atoms with Crippen molar-refractivity contribution in [2.24, 2.45) is 5.10 Å². The molecule has 0 bridgehead atoms. The first-order valence-corrected chi connectivity index (χ1v) is 14.9. The lowest BCUT2D eigenvalue weighted by Gasteiger charge is -2.12. The smallest absolute Gasteiger partial charge is 0.282 e. The summed E-state index contributed by atoms with van der Waals surface area (Å²) in [6, 6.07) is 26.8. The largest absolute Gasteiger partial charge is 0.496 e. The lowest BCUT2D eigenvalue weighted by Crippen LogP contribution is -2.20. The molecule has 0 aliphatic carbocycles. The second-order valence-electron chi connectivity index (χ2n) is 9.39. The van der Waals surface area contributed by atoms with Crippen molar-refractivity contribution in [3.05, 3.63) is 119 Å². The number of rotatable bonds is 7. The number of hydrogen-bond donors (Lipinski definition) is 0. The Bertz CT molecular complexity index is 1990. The molecule has 0 fully saturated rings. The van der Waals surface area contributed by atoms with Crippen LogP contribution in [0.4, 0.5) is 0 Å². The van der Waals surface area contributed by atoms with Crippen LogP contribution in [0, 0.1) is 14.1 Å². The van der Waals surface area contributed by atoms with Gasteiger partial charge >= 0.3 is 0 Å². The van der Waals surface area contributed by atoms with Crippen molar-refractivity contribution in [1.29, 1.82) is 0 Å². The molecule has 0 aliphatic rings. The van der Waals surface area contributed by atoms with Crippen molar-refractivity contribution in [2.75, 3.05) is 7.11 Å². The van der Waals surface area contributed by atoms with Crippen molar-refractivity contribution < 1.29 is 13.9 Å². The number of halogens is 2. The first kappa shape index (κ1) is 27.5. The van der Waals surface area contributed by atoms with Gasteiger partial charge in [0.1, 0.15) is 23.7 Å². The summed E-state index contributed by atoms with van der Waals surface area (Å²) >= 11 is 4.53. The number of benzene rings is 4. The zero-order valence-corrected chi connectivity index (χ0v) is 26.4. The van der Waals surface area contributed by atoms with Gasteiger partial charge in [0.2, 0.25) is 5.82 Å². The minimum absolute atomic E-state index is 0.295. The number of ether oxygens (including phenoxy) is 2. The van der Waals surface area contributed by atoms with Crippen molar-refractivity contribution in [2.45, 2.75) is 13.5 Å². The quantitative estimate of drug-likeness (QED) is 0.123. The van der Waals surface area contributed by atoms with E-state index in [2.05, 4.69) is 75.4 Å². The van der Waals surface area contributed by atoms with Crippen LogP contribution < -0.4 is 15.0 Å². The van der Waals surface area contributed by atoms with Crippen LogP contribution >= 0.6 is 45.2 Å². The normalized spacial score (nSPS) is 11.5. The molecule has 0 atom stereocenters. The molecule has 0 radical (unpaired) electrons. The molecule has 0 saturated carbocycles. The number of aryl methyl sites for hydroxylation is 1. The second-order valence-corrected chi connectivity index (χ2v) is 11.7. The molecule has 7 nitrogen and oxygen atoms in total. The molecule has 0 N–H and O–H groups in total. The van der Waals surface area contributed by atoms with Crippen molar-refractivity contribution in [3.63, 3.8) is 0 Å². The monoisotopic (exact) mass is 767 g/mol. The molecule has 0 aliphatic heterocycles. The number of aromatic nitrogens is 2. The first-order valence-electron chi connectivity index (χ1n) is 12.7. The molecule has 6 aromatic rings. The summed E-state index contributed by atoms with van der Waals surface area (Å²) in [4.78, 5) is 18.4. The highest BCUT2D eigenvalue weighted by atomic mass is 127. The van der Waals surface area contributed by atoms with Gasteiger partial charge in [0.25, 0.3) is 5.56 Å². The van der Waals surface area contributed by atoms with Gasteiger partial charge in [-0.05, 0) is 106 Å². The van der Waals surface area contributed by atoms with E-state index in [1.807, 2.05) is 54.6 Å². The molecule has 0 unspecified atom stereocenters. The van der Waals surface area contributed by atoms with Gasteiger partial charge in [-0.1, -0.05) is 48.0 Å². The van der Waals surface area contributed by atoms with E-state index in [1.54, 1.807) is 25.5 Å². The number of hydrogen-bond acceptors (Lipinski definition) is 6. The number of methoxy groups -OCH3 is 1. The lowest BCUT2D eigenvalue weighted by molar-refractivity contribution is 0.301. The number of fused-ring (bicyclic) bond motifs is 2. The Morgan fingerprint density at radius 2 is 1.73 bits per heavy atom. The first-order chi connectivity index (χ1) is 19.9. The Morgan fingerprint density at radius 3 is 2.51 bits per heavy atom. The molecule has 0 saturated heterocycles. The van der Waals surface area contributed by atoms with Gasteiger partial charge in [-0.3, -0.25) is 4.79 Å². The topological polar surface area (TPSA) is 78.9 Å². The highest BCUT2D eigenvalue weighted by Crippen LogP contribution is 2.33. The van der Waals surface area contributed by atoms with E-state index >= 15 is 0 Å². The van der Waals surface area contributed by atoms with E-state index in [9.17, 15) is 4.79 Å². The molecular formula is C32H23I2N3O4. The van der Waals surface area contributed by atoms with E-state index in [0.717, 1.165) is 29.4 Å². The Labute approximate surface area is 263 Å². The zero-order chi connectivity index (χ0) is 28.5. The summed E-state index contributed by atoms with van der Waals surface area (Å²) in [5, 5.41) is 5.86. The maximum Gasteiger partial charge on any atom is 0.282 e. The number of nitrogens with zero attached hydrogens (tertiary/aromatic N) is 3. The van der Waals surface area contributed by atoms with Crippen LogP contribution in [0.2, 0.25) is 0 Å². The minimum atomic E-state index is -0.295. The van der Waals surface area contributed by atoms with Crippen molar-refractivity contribution in [1.82, 2.24) is 9.66 Å². The van der Waals surface area contributed by atoms with E-state index < -0.39 is 0 Å². The predicted octanol–water partition coefficient (Wildman–Crippen LogP) is 7.80. The summed E-state index contributed by atoms with van der Waals surface area (Å²) in [6.07, 6.45) is 1.65. The molecule has 204 valence electrons. The highest BCUT2D eigenvalue weighted by molar-refractivity contribution is 14.1. The molecule has 2 aromatic heterocycles. The summed E-state index contributed by atoms with van der Waals surface area (Å²) in [7, 11) is 1.61. The van der Waals surface area contributed by atoms with Crippen LogP contribution in [-0.2, 0) is 6.61 Å². The van der Waals surface area contributed by atoms with Gasteiger partial charge in [-0.2, -0.15) is 9.78 Å². The SMILES string of the molecule is COc1cccc2oc(-c3nc4ccccc4c(=O)n3N=Cc3cc(I)c(OCc4cccc(C)c4)c(I)c3)cc12. The Morgan fingerprint density at radius 1 is 0.951 bits per heavy atom. The average Bonchev–Trinajstić information content (AvgIpc) is 3.41. The minimum Gasteiger partial charge on any atom is -0.496 e. The van der Waals surface area contributed by atoms with Crippen LogP contribution in [-0.4, -0.2) is 23.0 Å². The molecule has 9 heteroatoms. The Balaban J connectivity index is 1.39. The third kappa shape index (κ3) is 5.60. The van der Waals surface area contributed by atoms with E-state index in [4.69, 9.17) is 18.9 Å².